The third kappa shape index (κ3) is 3.07. The lowest BCUT2D eigenvalue weighted by Gasteiger charge is -2.27. The van der Waals surface area contributed by atoms with Crippen LogP contribution in [-0.2, 0) is 11.2 Å². The molecule has 1 aliphatic heterocycles. The minimum atomic E-state index is 0.0470. The fourth-order valence-electron chi connectivity index (χ4n) is 2.22. The van der Waals surface area contributed by atoms with Gasteiger partial charge in [0.25, 0.3) is 0 Å². The number of amides is 1. The maximum Gasteiger partial charge on any atom is 0.239 e. The van der Waals surface area contributed by atoms with Crippen molar-refractivity contribution in [3.8, 4) is 0 Å². The predicted molar refractivity (Wildman–Crippen MR) is 71.3 cm³/mol. The Bertz CT molecular complexity index is 358. The van der Waals surface area contributed by atoms with E-state index in [1.54, 1.807) is 11.3 Å². The topological polar surface area (TPSA) is 32.3 Å². The molecule has 0 aliphatic carbocycles. The van der Waals surface area contributed by atoms with Gasteiger partial charge >= 0.3 is 0 Å². The van der Waals surface area contributed by atoms with E-state index in [0.717, 1.165) is 25.8 Å². The molecule has 1 unspecified atom stereocenters. The van der Waals surface area contributed by atoms with E-state index in [4.69, 9.17) is 0 Å². The van der Waals surface area contributed by atoms with Crippen LogP contribution in [0.25, 0.3) is 0 Å². The second kappa shape index (κ2) is 5.65. The molecule has 1 aromatic rings. The third-order valence-corrected chi connectivity index (χ3v) is 4.34. The van der Waals surface area contributed by atoms with Crippen molar-refractivity contribution in [2.45, 2.75) is 38.3 Å². The molecule has 1 N–H and O–H groups in total. The summed E-state index contributed by atoms with van der Waals surface area (Å²) >= 11 is 1.76. The molecule has 2 atom stereocenters. The number of rotatable bonds is 4. The van der Waals surface area contributed by atoms with Gasteiger partial charge in [0.2, 0.25) is 5.91 Å². The smallest absolute Gasteiger partial charge is 0.239 e. The SMILES string of the molecule is CC(Cc1cccs1)N(C)C(=O)[C@@H]1CCCN1. The van der Waals surface area contributed by atoms with Gasteiger partial charge in [0.1, 0.15) is 0 Å². The first-order valence-corrected chi connectivity index (χ1v) is 7.09. The number of nitrogens with one attached hydrogen (secondary N) is 1. The summed E-state index contributed by atoms with van der Waals surface area (Å²) in [7, 11) is 1.92. The average Bonchev–Trinajstić information content (AvgIpc) is 2.99. The number of hydrogen-bond acceptors (Lipinski definition) is 3. The minimum Gasteiger partial charge on any atom is -0.341 e. The Morgan fingerprint density at radius 2 is 2.53 bits per heavy atom. The molecule has 0 radical (unpaired) electrons. The van der Waals surface area contributed by atoms with Gasteiger partial charge in [-0.1, -0.05) is 6.07 Å². The highest BCUT2D eigenvalue weighted by molar-refractivity contribution is 7.09. The summed E-state index contributed by atoms with van der Waals surface area (Å²) in [6, 6.07) is 4.51. The first kappa shape index (κ1) is 12.6. The standard InChI is InChI=1S/C13H20N2OS/c1-10(9-11-5-4-8-17-11)15(2)13(16)12-6-3-7-14-12/h4-5,8,10,12,14H,3,6-7,9H2,1-2H3/t10?,12-/m0/s1. The molecule has 1 fully saturated rings. The number of nitrogens with zero attached hydrogens (tertiary/aromatic N) is 1. The predicted octanol–water partition coefficient (Wildman–Crippen LogP) is 1.89. The molecular weight excluding hydrogens is 232 g/mol. The fourth-order valence-corrected chi connectivity index (χ4v) is 3.04. The number of hydrogen-bond donors (Lipinski definition) is 1. The van der Waals surface area contributed by atoms with Crippen LogP contribution in [0.4, 0.5) is 0 Å². The quantitative estimate of drug-likeness (QED) is 0.887. The van der Waals surface area contributed by atoms with Gasteiger partial charge in [-0.15, -0.1) is 11.3 Å². The zero-order chi connectivity index (χ0) is 12.3. The summed E-state index contributed by atoms with van der Waals surface area (Å²) < 4.78 is 0. The van der Waals surface area contributed by atoms with Crippen molar-refractivity contribution in [2.24, 2.45) is 0 Å². The Morgan fingerprint density at radius 1 is 1.71 bits per heavy atom. The van der Waals surface area contributed by atoms with Crippen LogP contribution in [0.2, 0.25) is 0 Å². The van der Waals surface area contributed by atoms with E-state index >= 15 is 0 Å². The molecule has 4 heteroatoms. The maximum absolute atomic E-state index is 12.2. The molecule has 17 heavy (non-hydrogen) atoms. The minimum absolute atomic E-state index is 0.0470. The fraction of sp³-hybridized carbons (Fsp3) is 0.615. The molecule has 1 aliphatic rings. The van der Waals surface area contributed by atoms with Crippen LogP contribution in [0.1, 0.15) is 24.6 Å². The summed E-state index contributed by atoms with van der Waals surface area (Å²) in [6.07, 6.45) is 3.05. The molecular formula is C13H20N2OS. The summed E-state index contributed by atoms with van der Waals surface area (Å²) in [6.45, 7) is 3.09. The first-order valence-electron chi connectivity index (χ1n) is 6.21. The van der Waals surface area contributed by atoms with Gasteiger partial charge in [0.05, 0.1) is 6.04 Å². The van der Waals surface area contributed by atoms with Crippen LogP contribution < -0.4 is 5.32 Å². The lowest BCUT2D eigenvalue weighted by Crippen LogP contribution is -2.46. The normalized spacial score (nSPS) is 21.4. The van der Waals surface area contributed by atoms with Gasteiger partial charge < -0.3 is 10.2 Å². The van der Waals surface area contributed by atoms with Crippen molar-refractivity contribution in [3.05, 3.63) is 22.4 Å². The van der Waals surface area contributed by atoms with E-state index < -0.39 is 0 Å². The van der Waals surface area contributed by atoms with Crippen LogP contribution in [0.3, 0.4) is 0 Å². The molecule has 0 bridgehead atoms. The van der Waals surface area contributed by atoms with Crippen LogP contribution in [0.5, 0.6) is 0 Å². The summed E-state index contributed by atoms with van der Waals surface area (Å²) in [4.78, 5) is 15.4. The van der Waals surface area contributed by atoms with Gasteiger partial charge in [-0.3, -0.25) is 4.79 Å². The molecule has 2 rings (SSSR count). The highest BCUT2D eigenvalue weighted by atomic mass is 32.1. The van der Waals surface area contributed by atoms with Gasteiger partial charge in [0.15, 0.2) is 0 Å². The van der Waals surface area contributed by atoms with Crippen LogP contribution >= 0.6 is 11.3 Å². The van der Waals surface area contributed by atoms with Crippen LogP contribution in [0.15, 0.2) is 17.5 Å². The number of thiophene rings is 1. The number of carbonyl (C=O) groups excluding carboxylic acids is 1. The van der Waals surface area contributed by atoms with Gasteiger partial charge in [-0.05, 0) is 37.8 Å². The highest BCUT2D eigenvalue weighted by Crippen LogP contribution is 2.15. The Kier molecular flexibility index (Phi) is 4.18. The average molecular weight is 252 g/mol. The second-order valence-electron chi connectivity index (χ2n) is 4.73. The Morgan fingerprint density at radius 3 is 3.12 bits per heavy atom. The van der Waals surface area contributed by atoms with E-state index in [1.165, 1.54) is 4.88 Å². The first-order chi connectivity index (χ1) is 8.18. The lowest BCUT2D eigenvalue weighted by atomic mass is 10.1. The van der Waals surface area contributed by atoms with Crippen molar-refractivity contribution in [1.29, 1.82) is 0 Å². The highest BCUT2D eigenvalue weighted by Gasteiger charge is 2.27. The molecule has 94 valence electrons. The van der Waals surface area contributed by atoms with Crippen molar-refractivity contribution in [2.75, 3.05) is 13.6 Å². The molecule has 1 aromatic heterocycles. The van der Waals surface area contributed by atoms with E-state index in [1.807, 2.05) is 11.9 Å². The molecule has 1 amide bonds. The van der Waals surface area contributed by atoms with Crippen LogP contribution in [-0.4, -0.2) is 36.5 Å². The number of likely N-dealkylation sites (N-methyl/N-ethyl adjacent to an activating group) is 1. The monoisotopic (exact) mass is 252 g/mol. The summed E-state index contributed by atoms with van der Waals surface area (Å²) in [5, 5.41) is 5.35. The van der Waals surface area contributed by atoms with E-state index in [-0.39, 0.29) is 18.0 Å². The summed E-state index contributed by atoms with van der Waals surface area (Å²) in [5.41, 5.74) is 0. The van der Waals surface area contributed by atoms with Crippen molar-refractivity contribution in [1.82, 2.24) is 10.2 Å². The Balaban J connectivity index is 1.89. The van der Waals surface area contributed by atoms with Crippen molar-refractivity contribution >= 4 is 17.2 Å². The Labute approximate surface area is 107 Å². The molecule has 3 nitrogen and oxygen atoms in total. The van der Waals surface area contributed by atoms with Gasteiger partial charge in [-0.25, -0.2) is 0 Å². The van der Waals surface area contributed by atoms with Crippen molar-refractivity contribution in [3.63, 3.8) is 0 Å². The van der Waals surface area contributed by atoms with Crippen LogP contribution in [0, 0.1) is 0 Å². The third-order valence-electron chi connectivity index (χ3n) is 3.44. The second-order valence-corrected chi connectivity index (χ2v) is 5.76. The molecule has 0 saturated carbocycles. The van der Waals surface area contributed by atoms with Gasteiger partial charge in [-0.2, -0.15) is 0 Å². The Hall–Kier alpha value is -0.870. The molecule has 2 heterocycles. The zero-order valence-corrected chi connectivity index (χ0v) is 11.3. The molecule has 0 spiro atoms. The van der Waals surface area contributed by atoms with E-state index in [0.29, 0.717) is 0 Å². The molecule has 0 aromatic carbocycles. The van der Waals surface area contributed by atoms with Crippen molar-refractivity contribution < 1.29 is 4.79 Å². The lowest BCUT2D eigenvalue weighted by molar-refractivity contribution is -0.133. The van der Waals surface area contributed by atoms with E-state index in [9.17, 15) is 4.79 Å². The maximum atomic E-state index is 12.2. The zero-order valence-electron chi connectivity index (χ0n) is 10.5. The molecule has 1 saturated heterocycles. The number of carbonyl (C=O) groups is 1. The largest absolute Gasteiger partial charge is 0.341 e. The van der Waals surface area contributed by atoms with E-state index in [2.05, 4.69) is 29.8 Å². The van der Waals surface area contributed by atoms with Gasteiger partial charge in [0, 0.05) is 24.4 Å². The summed E-state index contributed by atoms with van der Waals surface area (Å²) in [5.74, 6) is 0.242.